The van der Waals surface area contributed by atoms with Gasteiger partial charge in [-0.2, -0.15) is 0 Å². The molecule has 0 aliphatic rings. The van der Waals surface area contributed by atoms with Gasteiger partial charge < -0.3 is 4.90 Å². The summed E-state index contributed by atoms with van der Waals surface area (Å²) in [4.78, 5) is 2.33. The molecule has 0 fully saturated rings. The fourth-order valence-electron chi connectivity index (χ4n) is 5.20. The average Bonchev–Trinajstić information content (AvgIpc) is 3.02. The molecule has 5 aromatic rings. The van der Waals surface area contributed by atoms with Crippen LogP contribution in [0.4, 0.5) is 17.1 Å². The third-order valence-corrected chi connectivity index (χ3v) is 7.69. The molecular weight excluding hydrogens is 470 g/mol. The zero-order chi connectivity index (χ0) is 27.0. The van der Waals surface area contributed by atoms with Crippen LogP contribution in [0.15, 0.2) is 140 Å². The normalized spacial score (nSPS) is 10.9. The molecule has 39 heavy (non-hydrogen) atoms. The largest absolute Gasteiger partial charge is 0.311 e. The molecule has 0 amide bonds. The summed E-state index contributed by atoms with van der Waals surface area (Å²) >= 11 is 0. The van der Waals surface area contributed by atoms with E-state index in [4.69, 9.17) is 0 Å². The SMILES string of the molecule is C=C(CC(CC)CC)c1ccc(N(c2ccc(-c3ccccc3)cc2)c2ccc(-c3ccccc3)cc2)cc1. The minimum atomic E-state index is 0.694. The highest BCUT2D eigenvalue weighted by atomic mass is 15.1. The summed E-state index contributed by atoms with van der Waals surface area (Å²) in [6.07, 6.45) is 3.44. The number of allylic oxidation sites excluding steroid dienone is 1. The third-order valence-electron chi connectivity index (χ3n) is 7.69. The van der Waals surface area contributed by atoms with E-state index in [0.29, 0.717) is 5.92 Å². The van der Waals surface area contributed by atoms with Gasteiger partial charge in [0.2, 0.25) is 0 Å². The van der Waals surface area contributed by atoms with Gasteiger partial charge in [-0.1, -0.05) is 130 Å². The molecule has 0 saturated heterocycles. The van der Waals surface area contributed by atoms with Gasteiger partial charge >= 0.3 is 0 Å². The van der Waals surface area contributed by atoms with Gasteiger partial charge in [-0.05, 0) is 82.1 Å². The Morgan fingerprint density at radius 3 is 1.26 bits per heavy atom. The zero-order valence-corrected chi connectivity index (χ0v) is 23.1. The fourth-order valence-corrected chi connectivity index (χ4v) is 5.20. The molecule has 0 saturated carbocycles. The molecule has 0 aliphatic heterocycles. The van der Waals surface area contributed by atoms with Crippen molar-refractivity contribution in [3.63, 3.8) is 0 Å². The highest BCUT2D eigenvalue weighted by Gasteiger charge is 2.14. The Hall–Kier alpha value is -4.36. The Kier molecular flexibility index (Phi) is 8.39. The highest BCUT2D eigenvalue weighted by Crippen LogP contribution is 2.37. The van der Waals surface area contributed by atoms with E-state index in [2.05, 4.69) is 159 Å². The van der Waals surface area contributed by atoms with Crippen LogP contribution in [0.3, 0.4) is 0 Å². The molecular formula is C38H37N. The summed E-state index contributed by atoms with van der Waals surface area (Å²) in [5.74, 6) is 0.694. The Morgan fingerprint density at radius 1 is 0.513 bits per heavy atom. The molecule has 0 N–H and O–H groups in total. The summed E-state index contributed by atoms with van der Waals surface area (Å²) in [6.45, 7) is 8.96. The molecule has 0 spiro atoms. The van der Waals surface area contributed by atoms with Crippen LogP contribution in [-0.4, -0.2) is 0 Å². The first-order valence-electron chi connectivity index (χ1n) is 14.1. The van der Waals surface area contributed by atoms with E-state index in [1.165, 1.54) is 46.2 Å². The van der Waals surface area contributed by atoms with E-state index in [0.717, 1.165) is 23.5 Å². The maximum atomic E-state index is 4.41. The number of rotatable bonds is 10. The van der Waals surface area contributed by atoms with Crippen LogP contribution >= 0.6 is 0 Å². The van der Waals surface area contributed by atoms with E-state index >= 15 is 0 Å². The Bertz CT molecular complexity index is 1380. The van der Waals surface area contributed by atoms with Gasteiger partial charge in [-0.15, -0.1) is 0 Å². The van der Waals surface area contributed by atoms with Crippen LogP contribution in [0.5, 0.6) is 0 Å². The summed E-state index contributed by atoms with van der Waals surface area (Å²) in [7, 11) is 0. The number of hydrogen-bond donors (Lipinski definition) is 0. The second-order valence-corrected chi connectivity index (χ2v) is 10.2. The number of anilines is 3. The van der Waals surface area contributed by atoms with Crippen molar-refractivity contribution in [2.75, 3.05) is 4.90 Å². The summed E-state index contributed by atoms with van der Waals surface area (Å²) < 4.78 is 0. The van der Waals surface area contributed by atoms with Crippen molar-refractivity contribution in [1.82, 2.24) is 0 Å². The molecule has 1 heteroatoms. The Morgan fingerprint density at radius 2 is 0.872 bits per heavy atom. The molecule has 5 aromatic carbocycles. The van der Waals surface area contributed by atoms with Gasteiger partial charge in [0.25, 0.3) is 0 Å². The van der Waals surface area contributed by atoms with E-state index in [1.54, 1.807) is 0 Å². The molecule has 0 unspecified atom stereocenters. The summed E-state index contributed by atoms with van der Waals surface area (Å²) in [5.41, 5.74) is 10.7. The quantitative estimate of drug-likeness (QED) is 0.182. The fraction of sp³-hybridized carbons (Fsp3) is 0.158. The van der Waals surface area contributed by atoms with Crippen molar-refractivity contribution in [2.24, 2.45) is 5.92 Å². The molecule has 0 radical (unpaired) electrons. The standard InChI is InChI=1S/C38H37N/c1-4-30(5-2)28-29(3)31-16-22-36(23-17-31)39(37-24-18-34(19-25-37)32-12-8-6-9-13-32)38-26-20-35(21-27-38)33-14-10-7-11-15-33/h6-27,30H,3-5,28H2,1-2H3. The topological polar surface area (TPSA) is 3.24 Å². The van der Waals surface area contributed by atoms with Gasteiger partial charge in [-0.3, -0.25) is 0 Å². The first kappa shape index (κ1) is 26.3. The van der Waals surface area contributed by atoms with Gasteiger partial charge in [-0.25, -0.2) is 0 Å². The van der Waals surface area contributed by atoms with Crippen molar-refractivity contribution in [3.8, 4) is 22.3 Å². The lowest BCUT2D eigenvalue weighted by Crippen LogP contribution is -2.10. The zero-order valence-electron chi connectivity index (χ0n) is 23.1. The Balaban J connectivity index is 1.48. The minimum absolute atomic E-state index is 0.694. The molecule has 1 nitrogen and oxygen atoms in total. The second-order valence-electron chi connectivity index (χ2n) is 10.2. The number of benzene rings is 5. The highest BCUT2D eigenvalue weighted by molar-refractivity contribution is 5.80. The van der Waals surface area contributed by atoms with Crippen LogP contribution in [-0.2, 0) is 0 Å². The monoisotopic (exact) mass is 507 g/mol. The van der Waals surface area contributed by atoms with Gasteiger partial charge in [0, 0.05) is 17.1 Å². The van der Waals surface area contributed by atoms with Crippen molar-refractivity contribution < 1.29 is 0 Å². The molecule has 0 aliphatic carbocycles. The lowest BCUT2D eigenvalue weighted by atomic mass is 9.91. The number of nitrogens with zero attached hydrogens (tertiary/aromatic N) is 1. The van der Waals surface area contributed by atoms with E-state index in [1.807, 2.05) is 0 Å². The third kappa shape index (κ3) is 6.21. The Labute approximate surface area is 234 Å². The smallest absolute Gasteiger partial charge is 0.0462 e. The van der Waals surface area contributed by atoms with Crippen molar-refractivity contribution >= 4 is 22.6 Å². The predicted molar refractivity (Wildman–Crippen MR) is 170 cm³/mol. The van der Waals surface area contributed by atoms with Crippen LogP contribution in [0, 0.1) is 5.92 Å². The number of hydrogen-bond acceptors (Lipinski definition) is 1. The van der Waals surface area contributed by atoms with E-state index in [9.17, 15) is 0 Å². The average molecular weight is 508 g/mol. The summed E-state index contributed by atoms with van der Waals surface area (Å²) in [6, 6.07) is 47.7. The molecule has 0 heterocycles. The van der Waals surface area contributed by atoms with Gasteiger partial charge in [0.05, 0.1) is 0 Å². The van der Waals surface area contributed by atoms with E-state index < -0.39 is 0 Å². The molecule has 5 rings (SSSR count). The predicted octanol–water partition coefficient (Wildman–Crippen LogP) is 11.3. The molecule has 0 aromatic heterocycles. The first-order chi connectivity index (χ1) is 19.2. The first-order valence-corrected chi connectivity index (χ1v) is 14.1. The van der Waals surface area contributed by atoms with Crippen molar-refractivity contribution in [2.45, 2.75) is 33.1 Å². The second kappa shape index (κ2) is 12.5. The summed E-state index contributed by atoms with van der Waals surface area (Å²) in [5, 5.41) is 0. The molecule has 0 atom stereocenters. The van der Waals surface area contributed by atoms with Crippen molar-refractivity contribution in [1.29, 1.82) is 0 Å². The lowest BCUT2D eigenvalue weighted by Gasteiger charge is -2.26. The van der Waals surface area contributed by atoms with Gasteiger partial charge in [0.15, 0.2) is 0 Å². The lowest BCUT2D eigenvalue weighted by molar-refractivity contribution is 0.506. The van der Waals surface area contributed by atoms with Crippen LogP contribution in [0.25, 0.3) is 27.8 Å². The molecule has 0 bridgehead atoms. The van der Waals surface area contributed by atoms with Crippen molar-refractivity contribution in [3.05, 3.63) is 146 Å². The minimum Gasteiger partial charge on any atom is -0.311 e. The van der Waals surface area contributed by atoms with E-state index in [-0.39, 0.29) is 0 Å². The van der Waals surface area contributed by atoms with Crippen LogP contribution < -0.4 is 4.90 Å². The molecule has 194 valence electrons. The maximum Gasteiger partial charge on any atom is 0.0462 e. The van der Waals surface area contributed by atoms with Crippen LogP contribution in [0.2, 0.25) is 0 Å². The van der Waals surface area contributed by atoms with Gasteiger partial charge in [0.1, 0.15) is 0 Å². The van der Waals surface area contributed by atoms with Crippen LogP contribution in [0.1, 0.15) is 38.7 Å². The maximum absolute atomic E-state index is 4.41.